The molecule has 0 atom stereocenters. The Balaban J connectivity index is 2.74. The molecule has 0 unspecified atom stereocenters. The fourth-order valence-corrected chi connectivity index (χ4v) is 1.68. The first-order valence-electron chi connectivity index (χ1n) is 7.21. The average molecular weight is 296 g/mol. The zero-order chi connectivity index (χ0) is 16.0. The summed E-state index contributed by atoms with van der Waals surface area (Å²) in [5.74, 6) is 0.199. The first-order valence-corrected chi connectivity index (χ1v) is 7.21. The third-order valence-corrected chi connectivity index (χ3v) is 2.65. The van der Waals surface area contributed by atoms with Crippen LogP contribution in [0.25, 0.3) is 0 Å². The van der Waals surface area contributed by atoms with Gasteiger partial charge in [0.05, 0.1) is 11.4 Å². The third kappa shape index (κ3) is 6.97. The third-order valence-electron chi connectivity index (χ3n) is 2.65. The Morgan fingerprint density at radius 3 is 2.52 bits per heavy atom. The Labute approximate surface area is 126 Å². The quantitative estimate of drug-likeness (QED) is 0.833. The summed E-state index contributed by atoms with van der Waals surface area (Å²) >= 11 is 0. The number of rotatable bonds is 5. The second-order valence-electron chi connectivity index (χ2n) is 6.43. The summed E-state index contributed by atoms with van der Waals surface area (Å²) in [7, 11) is 0. The number of hydrogen-bond donors (Lipinski definition) is 2. The van der Waals surface area contributed by atoms with Gasteiger partial charge in [0.1, 0.15) is 11.4 Å². The summed E-state index contributed by atoms with van der Waals surface area (Å²) in [6.45, 7) is 10.3. The Hall–Kier alpha value is -1.78. The molecule has 1 aromatic rings. The molecule has 1 rings (SSSR count). The van der Waals surface area contributed by atoms with Crippen molar-refractivity contribution in [3.8, 4) is 0 Å². The lowest BCUT2D eigenvalue weighted by Crippen LogP contribution is -2.27. The second kappa shape index (κ2) is 7.29. The average Bonchev–Trinajstić information content (AvgIpc) is 2.29. The molecule has 5 heteroatoms. The van der Waals surface area contributed by atoms with E-state index in [-0.39, 0.29) is 5.82 Å². The fourth-order valence-electron chi connectivity index (χ4n) is 1.68. The molecule has 0 aliphatic heterocycles. The predicted octanol–water partition coefficient (Wildman–Crippen LogP) is 4.63. The zero-order valence-corrected chi connectivity index (χ0v) is 13.4. The number of anilines is 2. The van der Waals surface area contributed by atoms with E-state index in [1.54, 1.807) is 20.8 Å². The van der Waals surface area contributed by atoms with Crippen LogP contribution in [-0.2, 0) is 4.74 Å². The first kappa shape index (κ1) is 17.3. The SMILES string of the molecule is CC(C)CCNc1cc(F)ccc1NC(=O)OC(C)(C)C. The summed E-state index contributed by atoms with van der Waals surface area (Å²) in [6.07, 6.45) is 0.406. The predicted molar refractivity (Wildman–Crippen MR) is 84.2 cm³/mol. The Kier molecular flexibility index (Phi) is 6.00. The second-order valence-corrected chi connectivity index (χ2v) is 6.43. The minimum Gasteiger partial charge on any atom is -0.444 e. The largest absolute Gasteiger partial charge is 0.444 e. The van der Waals surface area contributed by atoms with Crippen LogP contribution >= 0.6 is 0 Å². The highest BCUT2D eigenvalue weighted by Crippen LogP contribution is 2.24. The monoisotopic (exact) mass is 296 g/mol. The summed E-state index contributed by atoms with van der Waals surface area (Å²) in [4.78, 5) is 11.8. The topological polar surface area (TPSA) is 50.4 Å². The minimum absolute atomic E-state index is 0.350. The number of benzene rings is 1. The highest BCUT2D eigenvalue weighted by Gasteiger charge is 2.17. The summed E-state index contributed by atoms with van der Waals surface area (Å²) in [5.41, 5.74) is 0.492. The van der Waals surface area contributed by atoms with Crippen molar-refractivity contribution < 1.29 is 13.9 Å². The lowest BCUT2D eigenvalue weighted by molar-refractivity contribution is 0.0636. The Bertz CT molecular complexity index is 482. The van der Waals surface area contributed by atoms with Crippen molar-refractivity contribution in [2.75, 3.05) is 17.2 Å². The van der Waals surface area contributed by atoms with Crippen LogP contribution in [0.2, 0.25) is 0 Å². The minimum atomic E-state index is -0.574. The summed E-state index contributed by atoms with van der Waals surface area (Å²) in [6, 6.07) is 4.20. The molecule has 0 spiro atoms. The van der Waals surface area contributed by atoms with Gasteiger partial charge in [0, 0.05) is 6.54 Å². The molecular weight excluding hydrogens is 271 g/mol. The molecular formula is C16H25FN2O2. The summed E-state index contributed by atoms with van der Waals surface area (Å²) < 4.78 is 18.6. The van der Waals surface area contributed by atoms with Gasteiger partial charge in [-0.2, -0.15) is 0 Å². The van der Waals surface area contributed by atoms with Gasteiger partial charge in [-0.25, -0.2) is 9.18 Å². The number of halogens is 1. The van der Waals surface area contributed by atoms with Gasteiger partial charge < -0.3 is 10.1 Å². The molecule has 1 amide bonds. The van der Waals surface area contributed by atoms with Crippen molar-refractivity contribution in [2.45, 2.75) is 46.6 Å². The van der Waals surface area contributed by atoms with Crippen molar-refractivity contribution in [1.29, 1.82) is 0 Å². The van der Waals surface area contributed by atoms with Crippen molar-refractivity contribution in [3.05, 3.63) is 24.0 Å². The van der Waals surface area contributed by atoms with Crippen LogP contribution in [0.4, 0.5) is 20.6 Å². The molecule has 118 valence electrons. The van der Waals surface area contributed by atoms with Crippen LogP contribution in [-0.4, -0.2) is 18.2 Å². The van der Waals surface area contributed by atoms with Gasteiger partial charge in [0.15, 0.2) is 0 Å². The molecule has 0 saturated carbocycles. The van der Waals surface area contributed by atoms with Crippen LogP contribution in [0.1, 0.15) is 41.0 Å². The molecule has 0 aromatic heterocycles. The molecule has 4 nitrogen and oxygen atoms in total. The van der Waals surface area contributed by atoms with E-state index in [9.17, 15) is 9.18 Å². The van der Waals surface area contributed by atoms with E-state index < -0.39 is 11.7 Å². The van der Waals surface area contributed by atoms with E-state index >= 15 is 0 Å². The van der Waals surface area contributed by atoms with E-state index in [4.69, 9.17) is 4.74 Å². The standard InChI is InChI=1S/C16H25FN2O2/c1-11(2)8-9-18-14-10-12(17)6-7-13(14)19-15(20)21-16(3,4)5/h6-7,10-11,18H,8-9H2,1-5H3,(H,19,20). The summed E-state index contributed by atoms with van der Waals surface area (Å²) in [5, 5.41) is 5.79. The Morgan fingerprint density at radius 2 is 1.95 bits per heavy atom. The van der Waals surface area contributed by atoms with Crippen LogP contribution in [0, 0.1) is 11.7 Å². The number of carbonyl (C=O) groups excluding carboxylic acids is 1. The molecule has 0 aliphatic carbocycles. The van der Waals surface area contributed by atoms with Crippen LogP contribution in [0.3, 0.4) is 0 Å². The number of ether oxygens (including phenoxy) is 1. The van der Waals surface area contributed by atoms with Crippen molar-refractivity contribution in [1.82, 2.24) is 0 Å². The highest BCUT2D eigenvalue weighted by atomic mass is 19.1. The Morgan fingerprint density at radius 1 is 1.29 bits per heavy atom. The van der Waals surface area contributed by atoms with Crippen LogP contribution in [0.5, 0.6) is 0 Å². The molecule has 0 fully saturated rings. The van der Waals surface area contributed by atoms with Gasteiger partial charge in [-0.15, -0.1) is 0 Å². The van der Waals surface area contributed by atoms with Gasteiger partial charge >= 0.3 is 6.09 Å². The van der Waals surface area contributed by atoms with E-state index in [0.717, 1.165) is 6.42 Å². The maximum atomic E-state index is 13.4. The van der Waals surface area contributed by atoms with E-state index in [1.807, 2.05) is 0 Å². The normalized spacial score (nSPS) is 11.4. The van der Waals surface area contributed by atoms with Crippen molar-refractivity contribution in [3.63, 3.8) is 0 Å². The maximum absolute atomic E-state index is 13.4. The number of hydrogen-bond acceptors (Lipinski definition) is 3. The molecule has 0 aliphatic rings. The van der Waals surface area contributed by atoms with Crippen LogP contribution < -0.4 is 10.6 Å². The van der Waals surface area contributed by atoms with Gasteiger partial charge in [-0.05, 0) is 51.3 Å². The fraction of sp³-hybridized carbons (Fsp3) is 0.562. The molecule has 1 aromatic carbocycles. The first-order chi connectivity index (χ1) is 9.67. The molecule has 0 heterocycles. The highest BCUT2D eigenvalue weighted by molar-refractivity contribution is 5.89. The van der Waals surface area contributed by atoms with Gasteiger partial charge in [0.2, 0.25) is 0 Å². The maximum Gasteiger partial charge on any atom is 0.412 e. The molecule has 2 N–H and O–H groups in total. The van der Waals surface area contributed by atoms with Gasteiger partial charge in [-0.3, -0.25) is 5.32 Å². The van der Waals surface area contributed by atoms with Gasteiger partial charge in [0.25, 0.3) is 0 Å². The van der Waals surface area contributed by atoms with Crippen molar-refractivity contribution in [2.24, 2.45) is 5.92 Å². The smallest absolute Gasteiger partial charge is 0.412 e. The van der Waals surface area contributed by atoms with Crippen LogP contribution in [0.15, 0.2) is 18.2 Å². The lowest BCUT2D eigenvalue weighted by atomic mass is 10.1. The molecule has 0 radical (unpaired) electrons. The molecule has 0 saturated heterocycles. The molecule has 0 bridgehead atoms. The van der Waals surface area contributed by atoms with Gasteiger partial charge in [-0.1, -0.05) is 13.8 Å². The number of amides is 1. The van der Waals surface area contributed by atoms with Crippen molar-refractivity contribution >= 4 is 17.5 Å². The molecule has 21 heavy (non-hydrogen) atoms. The lowest BCUT2D eigenvalue weighted by Gasteiger charge is -2.21. The van der Waals surface area contributed by atoms with E-state index in [0.29, 0.717) is 23.8 Å². The zero-order valence-electron chi connectivity index (χ0n) is 13.4. The van der Waals surface area contributed by atoms with E-state index in [1.165, 1.54) is 18.2 Å². The van der Waals surface area contributed by atoms with E-state index in [2.05, 4.69) is 24.5 Å². The number of carbonyl (C=O) groups is 1. The number of nitrogens with one attached hydrogen (secondary N) is 2.